The molecule has 31 heavy (non-hydrogen) atoms. The molecule has 0 radical (unpaired) electrons. The molecule has 0 saturated heterocycles. The average molecular weight is 442 g/mol. The fourth-order valence-corrected chi connectivity index (χ4v) is 4.33. The van der Waals surface area contributed by atoms with Crippen molar-refractivity contribution in [2.75, 3.05) is 12.3 Å². The first-order valence-electron chi connectivity index (χ1n) is 10.9. The van der Waals surface area contributed by atoms with Gasteiger partial charge in [0, 0.05) is 13.1 Å². The number of nitrogens with zero attached hydrogens (tertiary/aromatic N) is 4. The predicted molar refractivity (Wildman–Crippen MR) is 127 cm³/mol. The number of thioether (sulfide) groups is 1. The fraction of sp³-hybridized carbons (Fsp3) is 0.478. The Kier molecular flexibility index (Phi) is 8.28. The quantitative estimate of drug-likeness (QED) is 0.261. The first-order valence-corrected chi connectivity index (χ1v) is 11.9. The zero-order valence-corrected chi connectivity index (χ0v) is 19.2. The second kappa shape index (κ2) is 11.1. The summed E-state index contributed by atoms with van der Waals surface area (Å²) >= 11 is 1.32. The maximum atomic E-state index is 12.8. The van der Waals surface area contributed by atoms with E-state index in [0.717, 1.165) is 24.3 Å². The summed E-state index contributed by atoms with van der Waals surface area (Å²) in [5.41, 5.74) is 0.607. The largest absolute Gasteiger partial charge is 0.355 e. The van der Waals surface area contributed by atoms with Gasteiger partial charge in [0.15, 0.2) is 5.16 Å². The molecule has 0 atom stereocenters. The molecule has 3 rings (SSSR count). The Balaban J connectivity index is 1.63. The third-order valence-electron chi connectivity index (χ3n) is 5.15. The highest BCUT2D eigenvalue weighted by atomic mass is 32.2. The van der Waals surface area contributed by atoms with E-state index in [9.17, 15) is 9.59 Å². The molecule has 0 aliphatic carbocycles. The van der Waals surface area contributed by atoms with E-state index in [4.69, 9.17) is 0 Å². The van der Waals surface area contributed by atoms with E-state index in [-0.39, 0.29) is 17.2 Å². The fourth-order valence-electron chi connectivity index (χ4n) is 3.56. The molecule has 0 aliphatic rings. The summed E-state index contributed by atoms with van der Waals surface area (Å²) in [6.45, 7) is 9.27. The van der Waals surface area contributed by atoms with Crippen LogP contribution in [0, 0.1) is 5.92 Å². The summed E-state index contributed by atoms with van der Waals surface area (Å²) in [6, 6.07) is 7.37. The summed E-state index contributed by atoms with van der Waals surface area (Å²) in [4.78, 5) is 25.1. The van der Waals surface area contributed by atoms with Gasteiger partial charge in [-0.05, 0) is 24.5 Å². The van der Waals surface area contributed by atoms with Crippen molar-refractivity contribution >= 4 is 34.3 Å². The molecule has 0 saturated carbocycles. The monoisotopic (exact) mass is 441 g/mol. The van der Waals surface area contributed by atoms with E-state index in [1.807, 2.05) is 22.6 Å². The van der Waals surface area contributed by atoms with Crippen LogP contribution in [0.1, 0.15) is 46.0 Å². The number of carbonyl (C=O) groups excluding carboxylic acids is 1. The van der Waals surface area contributed by atoms with Crippen molar-refractivity contribution in [2.24, 2.45) is 5.92 Å². The highest BCUT2D eigenvalue weighted by molar-refractivity contribution is 7.99. The van der Waals surface area contributed by atoms with Crippen LogP contribution < -0.4 is 10.9 Å². The summed E-state index contributed by atoms with van der Waals surface area (Å²) in [5, 5.41) is 12.6. The second-order valence-corrected chi connectivity index (χ2v) is 9.02. The average Bonchev–Trinajstić information content (AvgIpc) is 3.18. The second-order valence-electron chi connectivity index (χ2n) is 8.07. The lowest BCUT2D eigenvalue weighted by Gasteiger charge is -2.09. The zero-order valence-electron chi connectivity index (χ0n) is 18.3. The van der Waals surface area contributed by atoms with Crippen LogP contribution in [0.3, 0.4) is 0 Å². The van der Waals surface area contributed by atoms with Crippen LogP contribution in [-0.4, -0.2) is 37.4 Å². The minimum absolute atomic E-state index is 0.0207. The Hall–Kier alpha value is -2.61. The molecule has 1 N–H and O–H groups in total. The van der Waals surface area contributed by atoms with Crippen molar-refractivity contribution in [3.63, 3.8) is 0 Å². The van der Waals surface area contributed by atoms with Crippen LogP contribution in [0.2, 0.25) is 0 Å². The molecule has 166 valence electrons. The highest BCUT2D eigenvalue weighted by Crippen LogP contribution is 2.21. The lowest BCUT2D eigenvalue weighted by Crippen LogP contribution is -2.26. The number of para-hydroxylation sites is 1. The van der Waals surface area contributed by atoms with E-state index < -0.39 is 0 Å². The Bertz CT molecular complexity index is 1100. The Labute approximate surface area is 186 Å². The number of hydrogen-bond acceptors (Lipinski definition) is 5. The SMILES string of the molecule is C=CCn1c(=O)c2ccccc2n2c(SCC(=O)NCCCCCCC(C)C)nnc12. The van der Waals surface area contributed by atoms with Gasteiger partial charge in [-0.25, -0.2) is 0 Å². The van der Waals surface area contributed by atoms with Gasteiger partial charge in [0.1, 0.15) is 0 Å². The molecule has 8 heteroatoms. The van der Waals surface area contributed by atoms with E-state index in [2.05, 4.69) is 35.9 Å². The molecule has 0 fully saturated rings. The van der Waals surface area contributed by atoms with Gasteiger partial charge in [0.2, 0.25) is 11.7 Å². The lowest BCUT2D eigenvalue weighted by atomic mass is 10.0. The van der Waals surface area contributed by atoms with Crippen LogP contribution in [0.15, 0.2) is 46.9 Å². The van der Waals surface area contributed by atoms with Gasteiger partial charge in [0.25, 0.3) is 5.56 Å². The summed E-state index contributed by atoms with van der Waals surface area (Å²) in [5.74, 6) is 1.44. The van der Waals surface area contributed by atoms with Crippen LogP contribution in [0.25, 0.3) is 16.7 Å². The lowest BCUT2D eigenvalue weighted by molar-refractivity contribution is -0.118. The Morgan fingerprint density at radius 3 is 2.74 bits per heavy atom. The van der Waals surface area contributed by atoms with E-state index >= 15 is 0 Å². The number of amides is 1. The molecule has 0 unspecified atom stereocenters. The highest BCUT2D eigenvalue weighted by Gasteiger charge is 2.16. The number of unbranched alkanes of at least 4 members (excludes halogenated alkanes) is 3. The molecule has 2 aromatic heterocycles. The molecule has 7 nitrogen and oxygen atoms in total. The third kappa shape index (κ3) is 5.76. The predicted octanol–water partition coefficient (Wildman–Crippen LogP) is 4.05. The number of benzene rings is 1. The van der Waals surface area contributed by atoms with Crippen molar-refractivity contribution in [3.05, 3.63) is 47.3 Å². The molecule has 1 amide bonds. The van der Waals surface area contributed by atoms with Crippen LogP contribution >= 0.6 is 11.8 Å². The molecule has 2 heterocycles. The van der Waals surface area contributed by atoms with Gasteiger partial charge in [0.05, 0.1) is 16.7 Å². The van der Waals surface area contributed by atoms with Gasteiger partial charge in [-0.2, -0.15) is 0 Å². The van der Waals surface area contributed by atoms with Gasteiger partial charge in [-0.3, -0.25) is 18.6 Å². The number of aromatic nitrogens is 4. The molecule has 1 aromatic carbocycles. The number of rotatable bonds is 12. The Morgan fingerprint density at radius 1 is 1.19 bits per heavy atom. The minimum atomic E-state index is -0.127. The number of nitrogens with one attached hydrogen (secondary N) is 1. The smallest absolute Gasteiger partial charge is 0.263 e. The van der Waals surface area contributed by atoms with Gasteiger partial charge < -0.3 is 5.32 Å². The van der Waals surface area contributed by atoms with Gasteiger partial charge >= 0.3 is 0 Å². The van der Waals surface area contributed by atoms with Crippen LogP contribution in [0.5, 0.6) is 0 Å². The van der Waals surface area contributed by atoms with Crippen LogP contribution in [-0.2, 0) is 11.3 Å². The molecule has 0 bridgehead atoms. The normalized spacial score (nSPS) is 11.5. The zero-order chi connectivity index (χ0) is 22.2. The van der Waals surface area contributed by atoms with Gasteiger partial charge in [-0.15, -0.1) is 16.8 Å². The minimum Gasteiger partial charge on any atom is -0.355 e. The molecule has 0 spiro atoms. The van der Waals surface area contributed by atoms with Crippen molar-refractivity contribution in [1.82, 2.24) is 24.5 Å². The molecular weight excluding hydrogens is 410 g/mol. The Morgan fingerprint density at radius 2 is 1.97 bits per heavy atom. The van der Waals surface area contributed by atoms with E-state index in [1.54, 1.807) is 16.7 Å². The summed E-state index contributed by atoms with van der Waals surface area (Å²) in [7, 11) is 0. The van der Waals surface area contributed by atoms with E-state index in [1.165, 1.54) is 31.0 Å². The maximum Gasteiger partial charge on any atom is 0.263 e. The van der Waals surface area contributed by atoms with Crippen molar-refractivity contribution in [3.8, 4) is 0 Å². The number of carbonyl (C=O) groups is 1. The van der Waals surface area contributed by atoms with Crippen molar-refractivity contribution in [1.29, 1.82) is 0 Å². The third-order valence-corrected chi connectivity index (χ3v) is 6.08. The number of allylic oxidation sites excluding steroid dienone is 1. The van der Waals surface area contributed by atoms with Crippen molar-refractivity contribution < 1.29 is 4.79 Å². The molecular formula is C23H31N5O2S. The number of fused-ring (bicyclic) bond motifs is 3. The topological polar surface area (TPSA) is 81.3 Å². The van der Waals surface area contributed by atoms with Crippen molar-refractivity contribution in [2.45, 2.75) is 57.7 Å². The standard InChI is InChI=1S/C23H31N5O2S/c1-4-15-27-21(30)18-12-8-9-13-19(18)28-22(27)25-26-23(28)31-16-20(29)24-14-10-6-5-7-11-17(2)3/h4,8-9,12-13,17H,1,5-7,10-11,14-16H2,2-3H3,(H,24,29). The first-order chi connectivity index (χ1) is 15.0. The summed E-state index contributed by atoms with van der Waals surface area (Å²) < 4.78 is 3.39. The number of hydrogen-bond donors (Lipinski definition) is 1. The molecule has 0 aliphatic heterocycles. The van der Waals surface area contributed by atoms with Crippen LogP contribution in [0.4, 0.5) is 0 Å². The first kappa shape index (κ1) is 23.1. The van der Waals surface area contributed by atoms with Gasteiger partial charge in [-0.1, -0.05) is 69.5 Å². The maximum absolute atomic E-state index is 12.8. The summed E-state index contributed by atoms with van der Waals surface area (Å²) in [6.07, 6.45) is 7.54. The van der Waals surface area contributed by atoms with E-state index in [0.29, 0.717) is 29.4 Å². The molecule has 3 aromatic rings.